The third kappa shape index (κ3) is 43.0. The largest absolute Gasteiger partial charge is 0.479 e. The Morgan fingerprint density at radius 1 is 0.442 bits per heavy atom. The number of allylic oxidation sites excluding steroid dienone is 10. The first kappa shape index (κ1) is 71.4. The van der Waals surface area contributed by atoms with E-state index in [0.717, 1.165) is 83.5 Å². The molecule has 6 atom stereocenters. The fourth-order valence-corrected chi connectivity index (χ4v) is 9.32. The van der Waals surface area contributed by atoms with Gasteiger partial charge in [0.05, 0.1) is 6.61 Å². The fraction of sp³-hybridized carbons (Fsp3) is 0.785. The molecule has 1 rings (SSSR count). The molecule has 0 aromatic rings. The third-order valence-corrected chi connectivity index (χ3v) is 14.1. The molecule has 1 aliphatic rings. The average Bonchev–Trinajstić information content (AvgIpc) is 3.42. The Morgan fingerprint density at radius 3 is 1.30 bits per heavy atom. The second kappa shape index (κ2) is 53.1. The maximum absolute atomic E-state index is 13.1. The van der Waals surface area contributed by atoms with Gasteiger partial charge in [-0.2, -0.15) is 0 Å². The third-order valence-electron chi connectivity index (χ3n) is 14.1. The molecular weight excluding hydrogens is 973 g/mol. The van der Waals surface area contributed by atoms with Crippen molar-refractivity contribution in [3.05, 3.63) is 60.8 Å². The van der Waals surface area contributed by atoms with Crippen molar-refractivity contribution < 1.29 is 58.2 Å². The highest BCUT2D eigenvalue weighted by Gasteiger charge is 2.50. The van der Waals surface area contributed by atoms with Gasteiger partial charge < -0.3 is 39.0 Å². The molecule has 0 radical (unpaired) electrons. The van der Waals surface area contributed by atoms with Gasteiger partial charge in [-0.15, -0.1) is 0 Å². The maximum atomic E-state index is 13.1. The van der Waals surface area contributed by atoms with Gasteiger partial charge in [-0.3, -0.25) is 14.4 Å². The Labute approximate surface area is 468 Å². The molecule has 0 spiro atoms. The molecule has 77 heavy (non-hydrogen) atoms. The molecule has 6 unspecified atom stereocenters. The Balaban J connectivity index is 2.67. The number of rotatable bonds is 53. The van der Waals surface area contributed by atoms with Crippen molar-refractivity contribution in [3.63, 3.8) is 0 Å². The SMILES string of the molecule is CC/C=C\C/C=C\C/C=C\C/C=C\CCC(=O)OC(COC(=O)CCCCCCC/C=C\CCCCCCCC)COC1OC(C(=O)O)C(O)C(O)C1OC(=O)CCCCCCCCCCCCCCCCCCCCC. The number of aliphatic hydroxyl groups is 2. The first-order valence-corrected chi connectivity index (χ1v) is 31.3. The van der Waals surface area contributed by atoms with Crippen LogP contribution in [0.4, 0.5) is 0 Å². The van der Waals surface area contributed by atoms with Crippen LogP contribution in [-0.2, 0) is 42.9 Å². The van der Waals surface area contributed by atoms with E-state index in [-0.39, 0.29) is 25.9 Å². The van der Waals surface area contributed by atoms with Crippen LogP contribution in [0.2, 0.25) is 0 Å². The minimum atomic E-state index is -1.91. The lowest BCUT2D eigenvalue weighted by atomic mass is 9.98. The van der Waals surface area contributed by atoms with Gasteiger partial charge in [0.25, 0.3) is 0 Å². The second-order valence-electron chi connectivity index (χ2n) is 21.3. The minimum absolute atomic E-state index is 0.0409. The summed E-state index contributed by atoms with van der Waals surface area (Å²) in [7, 11) is 0. The Hall–Kier alpha value is -3.58. The Morgan fingerprint density at radius 2 is 0.844 bits per heavy atom. The molecule has 1 aliphatic heterocycles. The predicted octanol–water partition coefficient (Wildman–Crippen LogP) is 16.3. The monoisotopic (exact) mass is 1080 g/mol. The molecule has 0 aromatic carbocycles. The van der Waals surface area contributed by atoms with Crippen LogP contribution < -0.4 is 0 Å². The molecule has 12 nitrogen and oxygen atoms in total. The van der Waals surface area contributed by atoms with E-state index >= 15 is 0 Å². The van der Waals surface area contributed by atoms with Crippen molar-refractivity contribution in [2.24, 2.45) is 0 Å². The van der Waals surface area contributed by atoms with E-state index in [1.54, 1.807) is 0 Å². The lowest BCUT2D eigenvalue weighted by Crippen LogP contribution is -2.61. The van der Waals surface area contributed by atoms with Gasteiger partial charge in [-0.05, 0) is 70.6 Å². The molecule has 0 bridgehead atoms. The highest BCUT2D eigenvalue weighted by Crippen LogP contribution is 2.26. The van der Waals surface area contributed by atoms with E-state index in [2.05, 4.69) is 69.4 Å². The summed E-state index contributed by atoms with van der Waals surface area (Å²) in [6, 6.07) is 0. The smallest absolute Gasteiger partial charge is 0.335 e. The standard InChI is InChI=1S/C65H112O12/c1-4-7-10-13-16-19-22-25-27-28-29-30-32-35-38-41-44-47-50-53-59(68)76-63-61(70)60(69)62(64(71)72)77-65(63)74-55-56(75-58(67)52-49-46-43-40-37-33-24-21-18-15-12-9-6-3)54-73-57(66)51-48-45-42-39-36-34-31-26-23-20-17-14-11-8-5-2/h9,12,18,21,26,31,33,37,43,46,56,60-63,65,69-70H,4-8,10-11,13-17,19-20,22-25,27-30,32,34-36,38-42,44-45,47-55H2,1-3H3,(H,71,72)/b12-9-,21-18-,31-26-,37-33-,46-43-. The zero-order chi connectivity index (χ0) is 56.1. The van der Waals surface area contributed by atoms with Crippen molar-refractivity contribution >= 4 is 23.9 Å². The van der Waals surface area contributed by atoms with Crippen LogP contribution in [-0.4, -0.2) is 89.2 Å². The summed E-state index contributed by atoms with van der Waals surface area (Å²) in [4.78, 5) is 51.1. The number of esters is 3. The lowest BCUT2D eigenvalue weighted by Gasteiger charge is -2.40. The number of hydrogen-bond acceptors (Lipinski definition) is 11. The number of hydrogen-bond donors (Lipinski definition) is 3. The Kier molecular flexibility index (Phi) is 49.2. The first-order valence-electron chi connectivity index (χ1n) is 31.3. The maximum Gasteiger partial charge on any atom is 0.335 e. The van der Waals surface area contributed by atoms with E-state index in [1.807, 2.05) is 12.2 Å². The van der Waals surface area contributed by atoms with Crippen LogP contribution in [0, 0.1) is 0 Å². The van der Waals surface area contributed by atoms with Crippen LogP contribution in [0.15, 0.2) is 60.8 Å². The Bertz CT molecular complexity index is 1570. The van der Waals surface area contributed by atoms with Gasteiger partial charge >= 0.3 is 23.9 Å². The number of aliphatic hydroxyl groups excluding tert-OH is 2. The molecule has 0 amide bonds. The second-order valence-corrected chi connectivity index (χ2v) is 21.3. The fourth-order valence-electron chi connectivity index (χ4n) is 9.32. The summed E-state index contributed by atoms with van der Waals surface area (Å²) in [5.74, 6) is -3.22. The molecule has 1 heterocycles. The van der Waals surface area contributed by atoms with Crippen molar-refractivity contribution in [2.75, 3.05) is 13.2 Å². The van der Waals surface area contributed by atoms with Crippen LogP contribution in [0.1, 0.15) is 278 Å². The van der Waals surface area contributed by atoms with Crippen molar-refractivity contribution in [2.45, 2.75) is 314 Å². The van der Waals surface area contributed by atoms with Gasteiger partial charge in [-0.25, -0.2) is 4.79 Å². The summed E-state index contributed by atoms with van der Waals surface area (Å²) in [5, 5.41) is 31.5. The summed E-state index contributed by atoms with van der Waals surface area (Å²) in [6.45, 7) is 5.83. The number of carboxylic acid groups (broad SMARTS) is 1. The van der Waals surface area contributed by atoms with E-state index < -0.39 is 67.3 Å². The van der Waals surface area contributed by atoms with Crippen LogP contribution in [0.5, 0.6) is 0 Å². The summed E-state index contributed by atoms with van der Waals surface area (Å²) >= 11 is 0. The van der Waals surface area contributed by atoms with E-state index in [4.69, 9.17) is 23.7 Å². The van der Waals surface area contributed by atoms with Gasteiger partial charge in [0.15, 0.2) is 24.6 Å². The number of ether oxygens (including phenoxy) is 5. The quantitative estimate of drug-likeness (QED) is 0.0228. The summed E-state index contributed by atoms with van der Waals surface area (Å²) in [6.07, 6.45) is 53.5. The number of carboxylic acids is 1. The lowest BCUT2D eigenvalue weighted by molar-refractivity contribution is -0.301. The van der Waals surface area contributed by atoms with Crippen LogP contribution >= 0.6 is 0 Å². The zero-order valence-corrected chi connectivity index (χ0v) is 49.0. The zero-order valence-electron chi connectivity index (χ0n) is 49.0. The number of carbonyl (C=O) groups is 4. The van der Waals surface area contributed by atoms with E-state index in [1.165, 1.54) is 128 Å². The number of unbranched alkanes of at least 4 members (excludes halogenated alkanes) is 29. The van der Waals surface area contributed by atoms with Crippen molar-refractivity contribution in [3.8, 4) is 0 Å². The van der Waals surface area contributed by atoms with Gasteiger partial charge in [-0.1, -0.05) is 248 Å². The first-order chi connectivity index (χ1) is 37.6. The molecule has 3 N–H and O–H groups in total. The predicted molar refractivity (Wildman–Crippen MR) is 312 cm³/mol. The molecule has 12 heteroatoms. The summed E-state index contributed by atoms with van der Waals surface area (Å²) in [5.41, 5.74) is 0. The van der Waals surface area contributed by atoms with Gasteiger partial charge in [0.1, 0.15) is 18.8 Å². The van der Waals surface area contributed by atoms with Gasteiger partial charge in [0.2, 0.25) is 0 Å². The van der Waals surface area contributed by atoms with Crippen molar-refractivity contribution in [1.82, 2.24) is 0 Å². The highest BCUT2D eigenvalue weighted by atomic mass is 16.7. The molecule has 0 aliphatic carbocycles. The summed E-state index contributed by atoms with van der Waals surface area (Å²) < 4.78 is 28.4. The topological polar surface area (TPSA) is 175 Å². The average molecular weight is 1090 g/mol. The molecule has 1 fully saturated rings. The highest BCUT2D eigenvalue weighted by molar-refractivity contribution is 5.74. The molecule has 0 saturated carbocycles. The molecule has 1 saturated heterocycles. The number of carbonyl (C=O) groups excluding carboxylic acids is 3. The van der Waals surface area contributed by atoms with Crippen LogP contribution in [0.3, 0.4) is 0 Å². The molecule has 0 aromatic heterocycles. The van der Waals surface area contributed by atoms with Crippen molar-refractivity contribution in [1.29, 1.82) is 0 Å². The van der Waals surface area contributed by atoms with E-state index in [0.29, 0.717) is 25.7 Å². The minimum Gasteiger partial charge on any atom is -0.479 e. The van der Waals surface area contributed by atoms with Gasteiger partial charge in [0, 0.05) is 19.3 Å². The molecule has 444 valence electrons. The van der Waals surface area contributed by atoms with Crippen LogP contribution in [0.25, 0.3) is 0 Å². The van der Waals surface area contributed by atoms with E-state index in [9.17, 15) is 34.5 Å². The molecular formula is C65H112O12. The normalized spacial score (nSPS) is 18.4. The number of aliphatic carboxylic acids is 1.